The number of hydrogen-bond donors (Lipinski definition) is 1. The molecular formula is C33H24BrClFN3O7. The molecule has 0 radical (unpaired) electrons. The van der Waals surface area contributed by atoms with E-state index in [0.717, 1.165) is 15.9 Å². The average Bonchev–Trinajstić information content (AvgIpc) is 3.39. The summed E-state index contributed by atoms with van der Waals surface area (Å²) in [6.07, 6.45) is 2.03. The number of allylic oxidation sites excluding steroid dienone is 2. The number of phenolic OH excluding ortho intramolecular Hbond substituents is 1. The zero-order valence-electron chi connectivity index (χ0n) is 24.0. The molecule has 1 saturated carbocycles. The summed E-state index contributed by atoms with van der Waals surface area (Å²) in [7, 11) is 0. The van der Waals surface area contributed by atoms with Gasteiger partial charge in [-0.25, -0.2) is 14.2 Å². The quantitative estimate of drug-likeness (QED) is 0.146. The van der Waals surface area contributed by atoms with Crippen molar-refractivity contribution in [2.75, 3.05) is 9.80 Å². The predicted molar refractivity (Wildman–Crippen MR) is 167 cm³/mol. The number of halogens is 3. The molecule has 234 valence electrons. The monoisotopic (exact) mass is 707 g/mol. The van der Waals surface area contributed by atoms with Crippen LogP contribution in [-0.4, -0.2) is 33.7 Å². The number of non-ortho nitro benzene ring substituents is 1. The number of anilines is 2. The molecule has 2 saturated heterocycles. The van der Waals surface area contributed by atoms with Crippen LogP contribution in [0.3, 0.4) is 0 Å². The molecule has 6 atom stereocenters. The van der Waals surface area contributed by atoms with Crippen molar-refractivity contribution in [3.63, 3.8) is 0 Å². The van der Waals surface area contributed by atoms with Crippen LogP contribution in [0.4, 0.5) is 21.5 Å². The minimum atomic E-state index is -1.43. The molecule has 46 heavy (non-hydrogen) atoms. The molecule has 3 aromatic carbocycles. The van der Waals surface area contributed by atoms with Crippen LogP contribution < -0.4 is 9.80 Å². The highest BCUT2D eigenvalue weighted by atomic mass is 79.9. The summed E-state index contributed by atoms with van der Waals surface area (Å²) in [6.45, 7) is 1.66. The van der Waals surface area contributed by atoms with E-state index in [2.05, 4.69) is 15.9 Å². The number of aromatic hydroxyl groups is 1. The second-order valence-electron chi connectivity index (χ2n) is 12.3. The van der Waals surface area contributed by atoms with Crippen LogP contribution in [-0.2, 0) is 19.2 Å². The molecular weight excluding hydrogens is 685 g/mol. The largest absolute Gasteiger partial charge is 0.508 e. The van der Waals surface area contributed by atoms with E-state index in [4.69, 9.17) is 11.6 Å². The highest BCUT2D eigenvalue weighted by Gasteiger charge is 2.68. The molecule has 10 nitrogen and oxygen atoms in total. The van der Waals surface area contributed by atoms with Gasteiger partial charge in [0.15, 0.2) is 0 Å². The highest BCUT2D eigenvalue weighted by molar-refractivity contribution is 9.10. The first kappa shape index (κ1) is 30.2. The molecule has 0 spiro atoms. The minimum absolute atomic E-state index is 0.0482. The van der Waals surface area contributed by atoms with Crippen molar-refractivity contribution in [2.24, 2.45) is 29.1 Å². The van der Waals surface area contributed by atoms with Gasteiger partial charge in [-0.05, 0) is 68.1 Å². The summed E-state index contributed by atoms with van der Waals surface area (Å²) in [5.41, 5.74) is -0.529. The van der Waals surface area contributed by atoms with Crippen LogP contribution >= 0.6 is 27.5 Å². The Morgan fingerprint density at radius 2 is 1.72 bits per heavy atom. The number of hydrogen-bond acceptors (Lipinski definition) is 7. The molecule has 0 aromatic heterocycles. The number of fused-ring (bicyclic) bond motifs is 4. The molecule has 4 aliphatic rings. The Morgan fingerprint density at radius 3 is 2.43 bits per heavy atom. The summed E-state index contributed by atoms with van der Waals surface area (Å²) in [6, 6.07) is 13.6. The van der Waals surface area contributed by atoms with Crippen LogP contribution in [0.25, 0.3) is 0 Å². The Labute approximate surface area is 274 Å². The van der Waals surface area contributed by atoms with Gasteiger partial charge in [0.05, 0.1) is 44.5 Å². The van der Waals surface area contributed by atoms with Gasteiger partial charge in [-0.2, -0.15) is 0 Å². The highest BCUT2D eigenvalue weighted by Crippen LogP contribution is 2.64. The molecule has 3 aromatic rings. The maximum atomic E-state index is 14.5. The SMILES string of the molecule is CC12C(=O)N(c3ccc(F)c(Cl)c3)C(=O)C1CC1C(=CCC3C(=O)N(c4cccc([N+](=O)[O-])c4)C(=O)C31)C2c1cc(Br)ccc1O. The van der Waals surface area contributed by atoms with Gasteiger partial charge in [0.25, 0.3) is 5.69 Å². The van der Waals surface area contributed by atoms with Gasteiger partial charge in [-0.3, -0.25) is 29.3 Å². The lowest BCUT2D eigenvalue weighted by Gasteiger charge is -2.49. The number of phenols is 1. The Morgan fingerprint density at radius 1 is 0.978 bits per heavy atom. The molecule has 7 rings (SSSR count). The van der Waals surface area contributed by atoms with Gasteiger partial charge >= 0.3 is 0 Å². The lowest BCUT2D eigenvalue weighted by Crippen LogP contribution is -2.48. The molecule has 2 heterocycles. The Balaban J connectivity index is 1.37. The third-order valence-corrected chi connectivity index (χ3v) is 10.8. The predicted octanol–water partition coefficient (Wildman–Crippen LogP) is 6.29. The van der Waals surface area contributed by atoms with E-state index in [1.54, 1.807) is 19.1 Å². The van der Waals surface area contributed by atoms with Gasteiger partial charge < -0.3 is 5.11 Å². The van der Waals surface area contributed by atoms with E-state index in [-0.39, 0.29) is 40.7 Å². The van der Waals surface area contributed by atoms with E-state index in [1.807, 2.05) is 6.08 Å². The first-order chi connectivity index (χ1) is 21.8. The Bertz CT molecular complexity index is 1950. The van der Waals surface area contributed by atoms with Gasteiger partial charge in [0, 0.05) is 28.1 Å². The number of carbonyl (C=O) groups excluding carboxylic acids is 4. The number of imide groups is 2. The van der Waals surface area contributed by atoms with Crippen LogP contribution in [0.2, 0.25) is 5.02 Å². The van der Waals surface area contributed by atoms with E-state index >= 15 is 0 Å². The summed E-state index contributed by atoms with van der Waals surface area (Å²) in [4.78, 5) is 69.4. The molecule has 0 bridgehead atoms. The van der Waals surface area contributed by atoms with Crippen molar-refractivity contribution < 1.29 is 33.6 Å². The molecule has 3 fully saturated rings. The van der Waals surface area contributed by atoms with Crippen molar-refractivity contribution in [3.05, 3.63) is 103 Å². The normalized spacial score (nSPS) is 28.6. The molecule has 1 N–H and O–H groups in total. The van der Waals surface area contributed by atoms with E-state index < -0.39 is 69.4 Å². The Hall–Kier alpha value is -4.42. The number of nitro benzene ring substituents is 1. The summed E-state index contributed by atoms with van der Waals surface area (Å²) in [5.74, 6) is -7.25. The van der Waals surface area contributed by atoms with Gasteiger partial charge in [-0.1, -0.05) is 45.2 Å². The van der Waals surface area contributed by atoms with Gasteiger partial charge in [-0.15, -0.1) is 0 Å². The van der Waals surface area contributed by atoms with Crippen molar-refractivity contribution >= 4 is 68.2 Å². The standard InChI is InChI=1S/C33H24BrClFN3O7/c1-33-23(30(42)38(32(33)44)17-6-9-25(36)24(35)13-17)14-21-19(28(33)22-11-15(34)5-10-26(22)40)7-8-20-27(21)31(43)37(29(20)41)16-3-2-4-18(12-16)39(45)46/h2-7,9-13,20-21,23,27-28,40H,8,14H2,1H3. The van der Waals surface area contributed by atoms with E-state index in [1.165, 1.54) is 42.5 Å². The maximum Gasteiger partial charge on any atom is 0.271 e. The third kappa shape index (κ3) is 4.19. The summed E-state index contributed by atoms with van der Waals surface area (Å²) < 4.78 is 14.7. The number of amides is 4. The lowest BCUT2D eigenvalue weighted by atomic mass is 9.51. The lowest BCUT2D eigenvalue weighted by molar-refractivity contribution is -0.384. The number of nitro groups is 1. The Kier molecular flexibility index (Phi) is 6.94. The van der Waals surface area contributed by atoms with Crippen LogP contribution in [0.15, 0.2) is 76.8 Å². The topological polar surface area (TPSA) is 138 Å². The zero-order chi connectivity index (χ0) is 32.8. The maximum absolute atomic E-state index is 14.5. The van der Waals surface area contributed by atoms with Crippen LogP contribution in [0, 0.1) is 45.0 Å². The first-order valence-electron chi connectivity index (χ1n) is 14.5. The number of rotatable bonds is 4. The van der Waals surface area contributed by atoms with E-state index in [9.17, 15) is 38.8 Å². The molecule has 4 amide bonds. The fourth-order valence-electron chi connectivity index (χ4n) is 7.99. The van der Waals surface area contributed by atoms with Crippen LogP contribution in [0.1, 0.15) is 31.2 Å². The van der Waals surface area contributed by atoms with Gasteiger partial charge in [0.1, 0.15) is 11.6 Å². The average molecular weight is 709 g/mol. The zero-order valence-corrected chi connectivity index (χ0v) is 26.4. The van der Waals surface area contributed by atoms with Gasteiger partial charge in [0.2, 0.25) is 23.6 Å². The minimum Gasteiger partial charge on any atom is -0.508 e. The van der Waals surface area contributed by atoms with Crippen LogP contribution in [0.5, 0.6) is 5.75 Å². The molecule has 13 heteroatoms. The summed E-state index contributed by atoms with van der Waals surface area (Å²) >= 11 is 9.48. The smallest absolute Gasteiger partial charge is 0.271 e. The summed E-state index contributed by atoms with van der Waals surface area (Å²) in [5, 5.41) is 22.3. The van der Waals surface area contributed by atoms with Crippen molar-refractivity contribution in [1.29, 1.82) is 0 Å². The second-order valence-corrected chi connectivity index (χ2v) is 13.6. The van der Waals surface area contributed by atoms with Crippen molar-refractivity contribution in [1.82, 2.24) is 0 Å². The third-order valence-electron chi connectivity index (χ3n) is 10.0. The fraction of sp³-hybridized carbons (Fsp3) is 0.273. The first-order valence-corrected chi connectivity index (χ1v) is 15.7. The fourth-order valence-corrected chi connectivity index (χ4v) is 8.54. The molecule has 6 unspecified atom stereocenters. The van der Waals surface area contributed by atoms with Crippen molar-refractivity contribution in [3.8, 4) is 5.75 Å². The second kappa shape index (κ2) is 10.6. The molecule has 2 aliphatic heterocycles. The van der Waals surface area contributed by atoms with Crippen molar-refractivity contribution in [2.45, 2.75) is 25.7 Å². The molecule has 2 aliphatic carbocycles. The number of benzene rings is 3. The number of nitrogens with zero attached hydrogens (tertiary/aromatic N) is 3. The number of carbonyl (C=O) groups is 4. The van der Waals surface area contributed by atoms with E-state index in [0.29, 0.717) is 15.6 Å².